The van der Waals surface area contributed by atoms with Gasteiger partial charge in [0.2, 0.25) is 0 Å². The number of aliphatic hydroxyl groups excluding tert-OH is 1. The summed E-state index contributed by atoms with van der Waals surface area (Å²) in [6, 6.07) is 1.89. The first-order valence-corrected chi connectivity index (χ1v) is 11.1. The molecule has 2 saturated carbocycles. The minimum Gasteiger partial charge on any atom is -0.472 e. The van der Waals surface area contributed by atoms with Crippen molar-refractivity contribution in [3.63, 3.8) is 0 Å². The van der Waals surface area contributed by atoms with E-state index in [0.717, 1.165) is 29.3 Å². The highest BCUT2D eigenvalue weighted by Crippen LogP contribution is 2.71. The van der Waals surface area contributed by atoms with Gasteiger partial charge in [0.25, 0.3) is 0 Å². The van der Waals surface area contributed by atoms with Gasteiger partial charge >= 0.3 is 5.97 Å². The summed E-state index contributed by atoms with van der Waals surface area (Å²) in [5.74, 6) is 0.141. The molecular formula is C20H25IO5. The zero-order valence-electron chi connectivity index (χ0n) is 14.9. The molecule has 1 aromatic heterocycles. The third-order valence-electron chi connectivity index (χ3n) is 8.09. The number of carbonyl (C=O) groups excluding carboxylic acids is 1. The first kappa shape index (κ1) is 17.5. The molecule has 7 atom stereocenters. The van der Waals surface area contributed by atoms with Crippen LogP contribution in [0.25, 0.3) is 0 Å². The van der Waals surface area contributed by atoms with Crippen molar-refractivity contribution in [2.75, 3.05) is 11.0 Å². The number of esters is 1. The van der Waals surface area contributed by atoms with Gasteiger partial charge in [-0.05, 0) is 37.2 Å². The number of ether oxygens (including phenoxy) is 2. The molecule has 2 saturated heterocycles. The smallest absolute Gasteiger partial charge is 0.313 e. The Morgan fingerprint density at radius 3 is 2.92 bits per heavy atom. The van der Waals surface area contributed by atoms with Crippen LogP contribution in [0, 0.1) is 22.7 Å². The number of fused-ring (bicyclic) bond motifs is 1. The maximum absolute atomic E-state index is 13.3. The Balaban J connectivity index is 1.59. The lowest BCUT2D eigenvalue weighted by Gasteiger charge is -2.71. The zero-order valence-corrected chi connectivity index (χ0v) is 17.1. The first-order valence-electron chi connectivity index (χ1n) is 9.61. The van der Waals surface area contributed by atoms with Crippen LogP contribution >= 0.6 is 22.6 Å². The van der Waals surface area contributed by atoms with Crippen molar-refractivity contribution in [3.8, 4) is 0 Å². The fourth-order valence-electron chi connectivity index (χ4n) is 6.69. The predicted molar refractivity (Wildman–Crippen MR) is 102 cm³/mol. The zero-order chi connectivity index (χ0) is 18.2. The van der Waals surface area contributed by atoms with Crippen LogP contribution < -0.4 is 0 Å². The Kier molecular flexibility index (Phi) is 3.84. The van der Waals surface area contributed by atoms with Crippen molar-refractivity contribution in [1.29, 1.82) is 0 Å². The third kappa shape index (κ3) is 1.86. The number of aliphatic hydroxyl groups is 1. The molecule has 4 aliphatic rings. The van der Waals surface area contributed by atoms with Crippen molar-refractivity contribution >= 4 is 28.6 Å². The molecule has 3 heterocycles. The molecule has 0 unspecified atom stereocenters. The van der Waals surface area contributed by atoms with Crippen LogP contribution in [0.1, 0.15) is 50.7 Å². The number of furan rings is 1. The number of cyclic esters (lactones) is 1. The van der Waals surface area contributed by atoms with Crippen molar-refractivity contribution in [1.82, 2.24) is 0 Å². The fourth-order valence-corrected chi connectivity index (χ4v) is 8.01. The molecule has 2 aliphatic heterocycles. The predicted octanol–water partition coefficient (Wildman–Crippen LogP) is 3.65. The first-order chi connectivity index (χ1) is 12.5. The van der Waals surface area contributed by atoms with Crippen LogP contribution in [0.5, 0.6) is 0 Å². The van der Waals surface area contributed by atoms with Crippen LogP contribution in [-0.2, 0) is 14.3 Å². The Hall–Kier alpha value is -0.600. The molecule has 1 N–H and O–H groups in total. The second kappa shape index (κ2) is 5.70. The van der Waals surface area contributed by atoms with Crippen LogP contribution in [0.15, 0.2) is 23.0 Å². The summed E-state index contributed by atoms with van der Waals surface area (Å²) in [6.45, 7) is 2.69. The summed E-state index contributed by atoms with van der Waals surface area (Å²) in [4.78, 5) is 13.3. The van der Waals surface area contributed by atoms with Crippen molar-refractivity contribution in [3.05, 3.63) is 24.2 Å². The van der Waals surface area contributed by atoms with Gasteiger partial charge in [-0.15, -0.1) is 0 Å². The van der Waals surface area contributed by atoms with Gasteiger partial charge in [0.15, 0.2) is 0 Å². The normalized spacial score (nSPS) is 50.0. The monoisotopic (exact) mass is 472 g/mol. The largest absolute Gasteiger partial charge is 0.472 e. The lowest BCUT2D eigenvalue weighted by molar-refractivity contribution is -0.355. The van der Waals surface area contributed by atoms with Gasteiger partial charge < -0.3 is 19.0 Å². The molecule has 0 amide bonds. The van der Waals surface area contributed by atoms with E-state index >= 15 is 0 Å². The minimum atomic E-state index is -0.525. The lowest BCUT2D eigenvalue weighted by Crippen LogP contribution is -2.78. The summed E-state index contributed by atoms with van der Waals surface area (Å²) < 4.78 is 18.1. The molecule has 2 spiro atoms. The molecule has 142 valence electrons. The molecule has 0 radical (unpaired) electrons. The number of rotatable bonds is 2. The SMILES string of the molecule is C[C@@H]1C[C@H](O)[C@@]23CO[C@]2(CI)CCC[C@@H]3[C@@]12C[C@@H](c1ccoc1)OC2=O. The van der Waals surface area contributed by atoms with E-state index < -0.39 is 11.5 Å². The maximum Gasteiger partial charge on any atom is 0.313 e. The van der Waals surface area contributed by atoms with Gasteiger partial charge in [0.05, 0.1) is 41.7 Å². The van der Waals surface area contributed by atoms with Crippen LogP contribution in [0.2, 0.25) is 0 Å². The summed E-state index contributed by atoms with van der Waals surface area (Å²) in [5, 5.41) is 11.2. The van der Waals surface area contributed by atoms with Gasteiger partial charge in [-0.2, -0.15) is 0 Å². The highest BCUT2D eigenvalue weighted by Gasteiger charge is 2.77. The summed E-state index contributed by atoms with van der Waals surface area (Å²) in [5.41, 5.74) is -0.175. The van der Waals surface area contributed by atoms with Gasteiger partial charge in [-0.25, -0.2) is 0 Å². The average Bonchev–Trinajstić information content (AvgIpc) is 3.23. The highest BCUT2D eigenvalue weighted by atomic mass is 127. The minimum absolute atomic E-state index is 0.0800. The Bertz CT molecular complexity index is 716. The van der Waals surface area contributed by atoms with E-state index in [2.05, 4.69) is 29.5 Å². The van der Waals surface area contributed by atoms with Gasteiger partial charge in [0, 0.05) is 16.4 Å². The molecule has 5 rings (SSSR count). The number of alkyl halides is 1. The molecule has 26 heavy (non-hydrogen) atoms. The molecular weight excluding hydrogens is 447 g/mol. The number of carbonyl (C=O) groups is 1. The van der Waals surface area contributed by atoms with Gasteiger partial charge in [-0.1, -0.05) is 35.9 Å². The average molecular weight is 472 g/mol. The summed E-state index contributed by atoms with van der Waals surface area (Å²) >= 11 is 2.39. The van der Waals surface area contributed by atoms with Crippen molar-refractivity contribution in [2.24, 2.45) is 22.7 Å². The molecule has 4 fully saturated rings. The van der Waals surface area contributed by atoms with Crippen LogP contribution in [0.3, 0.4) is 0 Å². The van der Waals surface area contributed by atoms with E-state index in [1.807, 2.05) is 6.07 Å². The van der Waals surface area contributed by atoms with Crippen molar-refractivity contribution in [2.45, 2.75) is 56.8 Å². The van der Waals surface area contributed by atoms with E-state index in [0.29, 0.717) is 19.4 Å². The molecule has 5 nitrogen and oxygen atoms in total. The van der Waals surface area contributed by atoms with Crippen LogP contribution in [-0.4, -0.2) is 33.8 Å². The maximum atomic E-state index is 13.3. The van der Waals surface area contributed by atoms with Gasteiger partial charge in [0.1, 0.15) is 6.10 Å². The third-order valence-corrected chi connectivity index (χ3v) is 9.32. The van der Waals surface area contributed by atoms with E-state index in [-0.39, 0.29) is 34.9 Å². The quantitative estimate of drug-likeness (QED) is 0.405. The van der Waals surface area contributed by atoms with Gasteiger partial charge in [-0.3, -0.25) is 4.79 Å². The van der Waals surface area contributed by atoms with E-state index in [1.54, 1.807) is 12.5 Å². The summed E-state index contributed by atoms with van der Waals surface area (Å²) in [6.07, 6.45) is 6.98. The second-order valence-electron chi connectivity index (χ2n) is 8.75. The van der Waals surface area contributed by atoms with Crippen molar-refractivity contribution < 1.29 is 23.8 Å². The van der Waals surface area contributed by atoms with E-state index in [9.17, 15) is 9.90 Å². The Morgan fingerprint density at radius 1 is 1.42 bits per heavy atom. The lowest BCUT2D eigenvalue weighted by atomic mass is 9.40. The second-order valence-corrected chi connectivity index (χ2v) is 9.51. The molecule has 0 bridgehead atoms. The number of hydrogen-bond donors (Lipinski definition) is 1. The molecule has 0 aromatic carbocycles. The standard InChI is InChI=1S/C20H25IO5/c1-12-7-16(22)20-11-25-18(20,10-21)5-2-3-15(20)19(12)8-14(26-17(19)23)13-4-6-24-9-13/h4,6,9,12,14-16,22H,2-3,5,7-8,10-11H2,1H3/t12-,14+,15-,16+,18+,19-,20+/m1/s1. The van der Waals surface area contributed by atoms with E-state index in [4.69, 9.17) is 13.9 Å². The summed E-state index contributed by atoms with van der Waals surface area (Å²) in [7, 11) is 0. The molecule has 1 aromatic rings. The van der Waals surface area contributed by atoms with Crippen LogP contribution in [0.4, 0.5) is 0 Å². The number of hydrogen-bond acceptors (Lipinski definition) is 5. The van der Waals surface area contributed by atoms with E-state index in [1.165, 1.54) is 0 Å². The highest BCUT2D eigenvalue weighted by molar-refractivity contribution is 14.1. The number of halogens is 1. The Morgan fingerprint density at radius 2 is 2.27 bits per heavy atom. The Labute approximate surface area is 166 Å². The molecule has 6 heteroatoms. The topological polar surface area (TPSA) is 68.9 Å². The fraction of sp³-hybridized carbons (Fsp3) is 0.750. The molecule has 2 aliphatic carbocycles.